The Hall–Kier alpha value is -2.70. The molecule has 0 unspecified atom stereocenters. The number of aryl methyl sites for hydroxylation is 1. The molecule has 0 aromatic carbocycles. The van der Waals surface area contributed by atoms with E-state index in [2.05, 4.69) is 21.1 Å². The number of fused-ring (bicyclic) bond motifs is 1. The van der Waals surface area contributed by atoms with Gasteiger partial charge in [-0.25, -0.2) is 4.98 Å². The number of carbonyl (C=O) groups is 1. The Morgan fingerprint density at radius 1 is 1.17 bits per heavy atom. The van der Waals surface area contributed by atoms with Gasteiger partial charge in [-0.15, -0.1) is 0 Å². The van der Waals surface area contributed by atoms with Gasteiger partial charge in [0.2, 0.25) is 5.88 Å². The highest BCUT2D eigenvalue weighted by Crippen LogP contribution is 2.34. The van der Waals surface area contributed by atoms with Crippen LogP contribution in [0.3, 0.4) is 0 Å². The van der Waals surface area contributed by atoms with Crippen LogP contribution < -0.4 is 4.74 Å². The minimum absolute atomic E-state index is 0.0624. The van der Waals surface area contributed by atoms with Crippen LogP contribution in [0.1, 0.15) is 64.3 Å². The summed E-state index contributed by atoms with van der Waals surface area (Å²) in [6.07, 6.45) is 14.3. The van der Waals surface area contributed by atoms with E-state index in [-0.39, 0.29) is 12.0 Å². The summed E-state index contributed by atoms with van der Waals surface area (Å²) in [5.41, 5.74) is 2.67. The zero-order valence-electron chi connectivity index (χ0n) is 17.8. The summed E-state index contributed by atoms with van der Waals surface area (Å²) >= 11 is 0. The lowest BCUT2D eigenvalue weighted by atomic mass is 9.96. The molecule has 3 aromatic heterocycles. The first-order valence-electron chi connectivity index (χ1n) is 11.1. The number of pyridine rings is 1. The molecule has 0 radical (unpaired) electrons. The topological polar surface area (TPSA) is 74.8 Å². The molecule has 5 rings (SSSR count). The van der Waals surface area contributed by atoms with Gasteiger partial charge in [-0.3, -0.25) is 14.2 Å². The van der Waals surface area contributed by atoms with E-state index in [1.165, 1.54) is 32.1 Å². The van der Waals surface area contributed by atoms with Crippen molar-refractivity contribution in [3.63, 3.8) is 0 Å². The van der Waals surface area contributed by atoms with Crippen LogP contribution in [0, 0.1) is 5.92 Å². The van der Waals surface area contributed by atoms with Crippen molar-refractivity contribution >= 4 is 16.7 Å². The molecule has 0 amide bonds. The van der Waals surface area contributed by atoms with Crippen LogP contribution in [0.15, 0.2) is 24.7 Å². The third kappa shape index (κ3) is 3.73. The second-order valence-electron chi connectivity index (χ2n) is 8.91. The predicted molar refractivity (Wildman–Crippen MR) is 114 cm³/mol. The van der Waals surface area contributed by atoms with E-state index in [9.17, 15) is 4.79 Å². The van der Waals surface area contributed by atoms with Crippen molar-refractivity contribution in [2.75, 3.05) is 0 Å². The largest absolute Gasteiger partial charge is 0.474 e. The third-order valence-corrected chi connectivity index (χ3v) is 6.67. The van der Waals surface area contributed by atoms with E-state index in [0.29, 0.717) is 30.5 Å². The first-order chi connectivity index (χ1) is 14.6. The number of Topliss-reactive ketones (excluding diaryl/α,β-unsaturated/α-hetero) is 1. The molecule has 2 saturated carbocycles. The van der Waals surface area contributed by atoms with Gasteiger partial charge < -0.3 is 4.74 Å². The second kappa shape index (κ2) is 7.85. The molecule has 3 heterocycles. The van der Waals surface area contributed by atoms with E-state index in [4.69, 9.17) is 9.72 Å². The molecule has 2 aliphatic rings. The van der Waals surface area contributed by atoms with Gasteiger partial charge in [0, 0.05) is 43.8 Å². The van der Waals surface area contributed by atoms with Crippen molar-refractivity contribution in [3.8, 4) is 17.1 Å². The Bertz CT molecular complexity index is 1060. The van der Waals surface area contributed by atoms with Crippen molar-refractivity contribution in [1.29, 1.82) is 0 Å². The number of rotatable bonds is 5. The Morgan fingerprint density at radius 3 is 2.77 bits per heavy atom. The number of aromatic nitrogens is 5. The van der Waals surface area contributed by atoms with E-state index in [1.807, 2.05) is 32.4 Å². The second-order valence-corrected chi connectivity index (χ2v) is 8.91. The molecule has 3 aromatic rings. The zero-order chi connectivity index (χ0) is 20.7. The molecular weight excluding hydrogens is 378 g/mol. The Labute approximate surface area is 176 Å². The Kier molecular flexibility index (Phi) is 5.05. The van der Waals surface area contributed by atoms with Crippen LogP contribution in [-0.2, 0) is 11.8 Å². The van der Waals surface area contributed by atoms with E-state index in [1.54, 1.807) is 4.68 Å². The third-order valence-electron chi connectivity index (χ3n) is 6.67. The highest BCUT2D eigenvalue weighted by molar-refractivity contribution is 5.86. The minimum Gasteiger partial charge on any atom is -0.474 e. The summed E-state index contributed by atoms with van der Waals surface area (Å²) in [4.78, 5) is 16.6. The van der Waals surface area contributed by atoms with E-state index >= 15 is 0 Å². The van der Waals surface area contributed by atoms with Crippen LogP contribution in [0.25, 0.3) is 22.2 Å². The molecular formula is C23H29N5O2. The summed E-state index contributed by atoms with van der Waals surface area (Å²) in [7, 11) is 1.91. The maximum Gasteiger partial charge on any atom is 0.225 e. The fourth-order valence-electron chi connectivity index (χ4n) is 4.88. The summed E-state index contributed by atoms with van der Waals surface area (Å²) in [6, 6.07) is 2.50. The van der Waals surface area contributed by atoms with Crippen molar-refractivity contribution in [3.05, 3.63) is 24.7 Å². The predicted octanol–water partition coefficient (Wildman–Crippen LogP) is 4.47. The van der Waals surface area contributed by atoms with Crippen LogP contribution >= 0.6 is 0 Å². The van der Waals surface area contributed by atoms with Crippen molar-refractivity contribution < 1.29 is 9.53 Å². The van der Waals surface area contributed by atoms with Crippen molar-refractivity contribution in [1.82, 2.24) is 24.5 Å². The maximum atomic E-state index is 11.7. The number of nitrogens with zero attached hydrogens (tertiary/aromatic N) is 5. The Balaban J connectivity index is 1.46. The molecule has 0 saturated heterocycles. The number of hydrogen-bond donors (Lipinski definition) is 0. The van der Waals surface area contributed by atoms with Gasteiger partial charge in [0.25, 0.3) is 0 Å². The first kappa shape index (κ1) is 19.3. The van der Waals surface area contributed by atoms with Crippen molar-refractivity contribution in [2.45, 2.75) is 70.4 Å². The molecule has 7 nitrogen and oxygen atoms in total. The highest BCUT2D eigenvalue weighted by atomic mass is 16.5. The molecule has 0 bridgehead atoms. The van der Waals surface area contributed by atoms with Gasteiger partial charge in [-0.1, -0.05) is 19.3 Å². The zero-order valence-corrected chi connectivity index (χ0v) is 17.8. The van der Waals surface area contributed by atoms with Gasteiger partial charge in [0.15, 0.2) is 0 Å². The first-order valence-corrected chi connectivity index (χ1v) is 11.1. The molecule has 2 fully saturated rings. The SMILES string of the molecule is C[C@@H](Oc1nc(-c2cnn(C3CCCCC3)c2)cc2nn(C)cc12)[C@H]1CCC(=O)C1. The molecule has 2 aliphatic carbocycles. The lowest BCUT2D eigenvalue weighted by Gasteiger charge is -2.21. The number of ether oxygens (including phenoxy) is 1. The van der Waals surface area contributed by atoms with E-state index < -0.39 is 0 Å². The minimum atomic E-state index is -0.0624. The molecule has 0 N–H and O–H groups in total. The summed E-state index contributed by atoms with van der Waals surface area (Å²) < 4.78 is 10.2. The fourth-order valence-corrected chi connectivity index (χ4v) is 4.88. The van der Waals surface area contributed by atoms with Crippen LogP contribution in [0.4, 0.5) is 0 Å². The van der Waals surface area contributed by atoms with E-state index in [0.717, 1.165) is 28.6 Å². The smallest absolute Gasteiger partial charge is 0.225 e. The molecule has 0 spiro atoms. The molecule has 158 valence electrons. The lowest BCUT2D eigenvalue weighted by molar-refractivity contribution is -0.117. The monoisotopic (exact) mass is 407 g/mol. The quantitative estimate of drug-likeness (QED) is 0.624. The lowest BCUT2D eigenvalue weighted by Crippen LogP contribution is -2.22. The van der Waals surface area contributed by atoms with Gasteiger partial charge >= 0.3 is 0 Å². The van der Waals surface area contributed by atoms with Crippen LogP contribution in [0.5, 0.6) is 5.88 Å². The van der Waals surface area contributed by atoms with Gasteiger partial charge in [0.05, 0.1) is 28.8 Å². The standard InChI is InChI=1S/C23H29N5O2/c1-15(16-8-9-19(29)10-16)30-23-20-14-27(2)26-22(20)11-21(25-23)17-12-24-28(13-17)18-6-4-3-5-7-18/h11-16,18H,3-10H2,1-2H3/t15-,16+/m1/s1. The molecule has 30 heavy (non-hydrogen) atoms. The number of ketones is 1. The molecule has 7 heteroatoms. The maximum absolute atomic E-state index is 11.7. The summed E-state index contributed by atoms with van der Waals surface area (Å²) in [5.74, 6) is 1.18. The molecule has 0 aliphatic heterocycles. The Morgan fingerprint density at radius 2 is 2.00 bits per heavy atom. The normalized spacial score (nSPS) is 21.4. The van der Waals surface area contributed by atoms with Gasteiger partial charge in [-0.05, 0) is 32.3 Å². The van der Waals surface area contributed by atoms with Crippen LogP contribution in [0.2, 0.25) is 0 Å². The average molecular weight is 408 g/mol. The summed E-state index contributed by atoms with van der Waals surface area (Å²) in [5, 5.41) is 10.1. The number of carbonyl (C=O) groups excluding carboxylic acids is 1. The average Bonchev–Trinajstić information content (AvgIpc) is 3.47. The van der Waals surface area contributed by atoms with Crippen molar-refractivity contribution in [2.24, 2.45) is 13.0 Å². The summed E-state index contributed by atoms with van der Waals surface area (Å²) in [6.45, 7) is 2.04. The van der Waals surface area contributed by atoms with Crippen LogP contribution in [-0.4, -0.2) is 36.4 Å². The molecule has 2 atom stereocenters. The highest BCUT2D eigenvalue weighted by Gasteiger charge is 2.29. The van der Waals surface area contributed by atoms with Gasteiger partial charge in [0.1, 0.15) is 11.9 Å². The fraction of sp³-hybridized carbons (Fsp3) is 0.565. The van der Waals surface area contributed by atoms with Gasteiger partial charge in [-0.2, -0.15) is 10.2 Å². The number of hydrogen-bond acceptors (Lipinski definition) is 5.